The largest absolute Gasteiger partial charge is 0.377 e. The number of aryl methyl sites for hydroxylation is 1. The van der Waals surface area contributed by atoms with Crippen molar-refractivity contribution in [1.82, 2.24) is 0 Å². The molecule has 2 aromatic carbocycles. The summed E-state index contributed by atoms with van der Waals surface area (Å²) in [5.74, 6) is 0. The Labute approximate surface area is 128 Å². The first-order chi connectivity index (χ1) is 8.97. The first kappa shape index (κ1) is 14.5. The lowest BCUT2D eigenvalue weighted by atomic mass is 10.1. The lowest BCUT2D eigenvalue weighted by Crippen LogP contribution is -2.07. The molecule has 0 radical (unpaired) electrons. The molecule has 0 saturated carbocycles. The van der Waals surface area contributed by atoms with Crippen LogP contribution in [0, 0.1) is 6.92 Å². The Morgan fingerprint density at radius 1 is 0.895 bits per heavy atom. The third kappa shape index (κ3) is 3.56. The fraction of sp³-hybridized carbons (Fsp3) is 0.200. The summed E-state index contributed by atoms with van der Waals surface area (Å²) in [6.07, 6.45) is 0. The predicted octanol–water partition coefficient (Wildman–Crippen LogP) is 6.13. The van der Waals surface area contributed by atoms with Crippen molar-refractivity contribution >= 4 is 40.5 Å². The van der Waals surface area contributed by atoms with E-state index in [1.807, 2.05) is 0 Å². The minimum Gasteiger partial charge on any atom is -0.377 e. The van der Waals surface area contributed by atoms with E-state index in [2.05, 4.69) is 43.4 Å². The maximum absolute atomic E-state index is 6.15. The fourth-order valence-electron chi connectivity index (χ4n) is 1.80. The van der Waals surface area contributed by atoms with Gasteiger partial charge in [0.25, 0.3) is 0 Å². The SMILES string of the molecule is Cc1ccc(C(C)Nc2cc(Cl)c(Cl)cc2Cl)cc1. The van der Waals surface area contributed by atoms with Gasteiger partial charge in [-0.1, -0.05) is 64.6 Å². The number of nitrogens with one attached hydrogen (secondary N) is 1. The van der Waals surface area contributed by atoms with Gasteiger partial charge in [0, 0.05) is 6.04 Å². The van der Waals surface area contributed by atoms with Gasteiger partial charge in [-0.15, -0.1) is 0 Å². The molecule has 4 heteroatoms. The molecule has 1 atom stereocenters. The van der Waals surface area contributed by atoms with Crippen LogP contribution in [0.1, 0.15) is 24.1 Å². The van der Waals surface area contributed by atoms with Gasteiger partial charge in [0.15, 0.2) is 0 Å². The summed E-state index contributed by atoms with van der Waals surface area (Å²) in [4.78, 5) is 0. The van der Waals surface area contributed by atoms with Gasteiger partial charge in [-0.2, -0.15) is 0 Å². The predicted molar refractivity (Wildman–Crippen MR) is 84.7 cm³/mol. The molecule has 0 heterocycles. The molecule has 2 rings (SSSR count). The molecule has 100 valence electrons. The Hall–Kier alpha value is -0.890. The van der Waals surface area contributed by atoms with E-state index in [-0.39, 0.29) is 6.04 Å². The molecule has 0 aliphatic rings. The number of anilines is 1. The van der Waals surface area contributed by atoms with Gasteiger partial charge in [0.2, 0.25) is 0 Å². The molecule has 0 saturated heterocycles. The highest BCUT2D eigenvalue weighted by atomic mass is 35.5. The summed E-state index contributed by atoms with van der Waals surface area (Å²) in [6, 6.07) is 11.9. The van der Waals surface area contributed by atoms with Crippen molar-refractivity contribution in [2.75, 3.05) is 5.32 Å². The highest BCUT2D eigenvalue weighted by molar-refractivity contribution is 6.44. The first-order valence-corrected chi connectivity index (χ1v) is 7.08. The standard InChI is InChI=1S/C15H14Cl3N/c1-9-3-5-11(6-4-9)10(2)19-15-8-13(17)12(16)7-14(15)18/h3-8,10,19H,1-2H3. The summed E-state index contributed by atoms with van der Waals surface area (Å²) >= 11 is 18.1. The van der Waals surface area contributed by atoms with Crippen molar-refractivity contribution < 1.29 is 0 Å². The molecule has 2 aromatic rings. The van der Waals surface area contributed by atoms with Crippen LogP contribution in [0.15, 0.2) is 36.4 Å². The lowest BCUT2D eigenvalue weighted by molar-refractivity contribution is 0.884. The van der Waals surface area contributed by atoms with Crippen molar-refractivity contribution in [3.05, 3.63) is 62.6 Å². The van der Waals surface area contributed by atoms with Crippen molar-refractivity contribution in [1.29, 1.82) is 0 Å². The molecule has 0 bridgehead atoms. The van der Waals surface area contributed by atoms with Crippen molar-refractivity contribution in [2.24, 2.45) is 0 Å². The molecule has 0 amide bonds. The average molecular weight is 315 g/mol. The van der Waals surface area contributed by atoms with Crippen molar-refractivity contribution in [2.45, 2.75) is 19.9 Å². The molecule has 0 fully saturated rings. The van der Waals surface area contributed by atoms with E-state index in [0.29, 0.717) is 15.1 Å². The smallest absolute Gasteiger partial charge is 0.0653 e. The van der Waals surface area contributed by atoms with Crippen molar-refractivity contribution in [3.8, 4) is 0 Å². The Morgan fingerprint density at radius 2 is 1.47 bits per heavy atom. The normalized spacial score (nSPS) is 12.3. The summed E-state index contributed by atoms with van der Waals surface area (Å²) in [5, 5.41) is 4.85. The molecule has 1 unspecified atom stereocenters. The molecule has 1 nitrogen and oxygen atoms in total. The monoisotopic (exact) mass is 313 g/mol. The van der Waals surface area contributed by atoms with Gasteiger partial charge < -0.3 is 5.32 Å². The third-order valence-electron chi connectivity index (χ3n) is 2.96. The highest BCUT2D eigenvalue weighted by Crippen LogP contribution is 2.34. The van der Waals surface area contributed by atoms with Gasteiger partial charge in [0.05, 0.1) is 20.8 Å². The van der Waals surface area contributed by atoms with E-state index in [1.54, 1.807) is 12.1 Å². The molecule has 1 N–H and O–H groups in total. The van der Waals surface area contributed by atoms with Gasteiger partial charge in [-0.05, 0) is 31.5 Å². The van der Waals surface area contributed by atoms with Crippen LogP contribution in [0.4, 0.5) is 5.69 Å². The van der Waals surface area contributed by atoms with Gasteiger partial charge >= 0.3 is 0 Å². The minimum absolute atomic E-state index is 0.135. The van der Waals surface area contributed by atoms with E-state index >= 15 is 0 Å². The van der Waals surface area contributed by atoms with Crippen LogP contribution in [-0.2, 0) is 0 Å². The highest BCUT2D eigenvalue weighted by Gasteiger charge is 2.10. The zero-order valence-corrected chi connectivity index (χ0v) is 12.9. The summed E-state index contributed by atoms with van der Waals surface area (Å²) in [6.45, 7) is 4.14. The van der Waals surface area contributed by atoms with Crippen LogP contribution >= 0.6 is 34.8 Å². The molecular weight excluding hydrogens is 301 g/mol. The summed E-state index contributed by atoms with van der Waals surface area (Å²) in [5.41, 5.74) is 3.21. The summed E-state index contributed by atoms with van der Waals surface area (Å²) in [7, 11) is 0. The average Bonchev–Trinajstić information content (AvgIpc) is 2.36. The Bertz CT molecular complexity index is 579. The van der Waals surface area contributed by atoms with E-state index in [0.717, 1.165) is 5.69 Å². The topological polar surface area (TPSA) is 12.0 Å². The van der Waals surface area contributed by atoms with E-state index in [4.69, 9.17) is 34.8 Å². The number of hydrogen-bond donors (Lipinski definition) is 1. The van der Waals surface area contributed by atoms with Gasteiger partial charge in [0.1, 0.15) is 0 Å². The van der Waals surface area contributed by atoms with E-state index in [1.165, 1.54) is 11.1 Å². The third-order valence-corrected chi connectivity index (χ3v) is 3.99. The van der Waals surface area contributed by atoms with Gasteiger partial charge in [-0.25, -0.2) is 0 Å². The fourth-order valence-corrected chi connectivity index (χ4v) is 2.41. The molecule has 0 aromatic heterocycles. The number of hydrogen-bond acceptors (Lipinski definition) is 1. The van der Waals surface area contributed by atoms with E-state index in [9.17, 15) is 0 Å². The van der Waals surface area contributed by atoms with E-state index < -0.39 is 0 Å². The molecule has 19 heavy (non-hydrogen) atoms. The Balaban J connectivity index is 2.21. The van der Waals surface area contributed by atoms with Crippen molar-refractivity contribution in [3.63, 3.8) is 0 Å². The number of halogens is 3. The lowest BCUT2D eigenvalue weighted by Gasteiger charge is -2.17. The number of benzene rings is 2. The van der Waals surface area contributed by atoms with Crippen LogP contribution < -0.4 is 5.32 Å². The number of rotatable bonds is 3. The Morgan fingerprint density at radius 3 is 2.11 bits per heavy atom. The molecule has 0 aliphatic heterocycles. The van der Waals surface area contributed by atoms with Crippen LogP contribution in [-0.4, -0.2) is 0 Å². The van der Waals surface area contributed by atoms with Crippen LogP contribution in [0.5, 0.6) is 0 Å². The van der Waals surface area contributed by atoms with Gasteiger partial charge in [-0.3, -0.25) is 0 Å². The maximum Gasteiger partial charge on any atom is 0.0653 e. The second kappa shape index (κ2) is 6.04. The molecular formula is C15H14Cl3N. The summed E-state index contributed by atoms with van der Waals surface area (Å²) < 4.78 is 0. The minimum atomic E-state index is 0.135. The Kier molecular flexibility index (Phi) is 4.62. The maximum atomic E-state index is 6.15. The van der Waals surface area contributed by atoms with Crippen LogP contribution in [0.2, 0.25) is 15.1 Å². The second-order valence-electron chi connectivity index (χ2n) is 4.52. The molecule has 0 aliphatic carbocycles. The second-order valence-corrected chi connectivity index (χ2v) is 5.74. The zero-order valence-electron chi connectivity index (χ0n) is 10.7. The van der Waals surface area contributed by atoms with Crippen LogP contribution in [0.3, 0.4) is 0 Å². The zero-order chi connectivity index (χ0) is 14.0. The molecule has 0 spiro atoms. The van der Waals surface area contributed by atoms with Crippen LogP contribution in [0.25, 0.3) is 0 Å². The first-order valence-electron chi connectivity index (χ1n) is 5.95. The quantitative estimate of drug-likeness (QED) is 0.672.